The van der Waals surface area contributed by atoms with Crippen LogP contribution in [-0.4, -0.2) is 70.0 Å². The number of aliphatic imine (C=N–C) groups is 1. The molecule has 6 aliphatic heterocycles. The van der Waals surface area contributed by atoms with Gasteiger partial charge in [-0.1, -0.05) is 44.6 Å². The van der Waals surface area contributed by atoms with Gasteiger partial charge in [-0.15, -0.1) is 0 Å². The molecule has 2 N–H and O–H groups in total. The highest BCUT2D eigenvalue weighted by atomic mass is 16.8. The van der Waals surface area contributed by atoms with Gasteiger partial charge >= 0.3 is 5.97 Å². The number of nitrogens with zero attached hydrogens (tertiary/aromatic N) is 1. The molecule has 0 amide bonds. The zero-order valence-corrected chi connectivity index (χ0v) is 31.6. The number of fused-ring (bicyclic) bond motifs is 2. The Bertz CT molecular complexity index is 1450. The molecule has 0 saturated carbocycles. The van der Waals surface area contributed by atoms with E-state index < -0.39 is 23.3 Å². The number of rotatable bonds is 1. The van der Waals surface area contributed by atoms with Crippen LogP contribution in [0.1, 0.15) is 138 Å². The van der Waals surface area contributed by atoms with Crippen LogP contribution in [-0.2, 0) is 23.7 Å². The minimum atomic E-state index is -1.12. The first kappa shape index (κ1) is 36.5. The van der Waals surface area contributed by atoms with Crippen molar-refractivity contribution in [1.82, 2.24) is 0 Å². The number of carbonyl (C=O) groups excluding carboxylic acids is 1. The molecular weight excluding hydrogens is 630 g/mol. The van der Waals surface area contributed by atoms with Crippen molar-refractivity contribution >= 4 is 11.7 Å². The third-order valence-corrected chi connectivity index (χ3v) is 14.1. The van der Waals surface area contributed by atoms with Crippen molar-refractivity contribution in [2.45, 2.75) is 179 Å². The molecule has 7 aliphatic rings. The van der Waals surface area contributed by atoms with Gasteiger partial charge in [-0.2, -0.15) is 0 Å². The molecule has 8 heteroatoms. The van der Waals surface area contributed by atoms with Crippen LogP contribution in [0, 0.1) is 29.1 Å². The number of aliphatic hydroxyl groups excluding tert-OH is 1. The number of allylic oxidation sites excluding steroid dienone is 2. The molecule has 12 atom stereocenters. The number of ether oxygens (including phenoxy) is 4. The van der Waals surface area contributed by atoms with Gasteiger partial charge in [-0.3, -0.25) is 9.79 Å². The molecule has 3 spiro atoms. The predicted molar refractivity (Wildman–Crippen MR) is 193 cm³/mol. The molecule has 4 fully saturated rings. The van der Waals surface area contributed by atoms with Crippen LogP contribution in [0.25, 0.3) is 0 Å². The molecule has 50 heavy (non-hydrogen) atoms. The Kier molecular flexibility index (Phi) is 9.89. The topological polar surface area (TPSA) is 107 Å². The Hall–Kier alpha value is -1.84. The summed E-state index contributed by atoms with van der Waals surface area (Å²) in [6.45, 7) is 18.1. The fourth-order valence-electron chi connectivity index (χ4n) is 11.0. The van der Waals surface area contributed by atoms with E-state index in [2.05, 4.69) is 40.3 Å². The molecule has 278 valence electrons. The van der Waals surface area contributed by atoms with Crippen molar-refractivity contribution in [1.29, 1.82) is 0 Å². The van der Waals surface area contributed by atoms with E-state index in [1.807, 2.05) is 13.8 Å². The van der Waals surface area contributed by atoms with Crippen molar-refractivity contribution in [3.05, 3.63) is 34.9 Å². The largest absolute Gasteiger partial charge is 0.458 e. The summed E-state index contributed by atoms with van der Waals surface area (Å²) in [7, 11) is 0. The van der Waals surface area contributed by atoms with Crippen molar-refractivity contribution in [2.24, 2.45) is 34.1 Å². The van der Waals surface area contributed by atoms with Crippen LogP contribution in [0.15, 0.2) is 39.9 Å². The Morgan fingerprint density at radius 2 is 1.78 bits per heavy atom. The van der Waals surface area contributed by atoms with Crippen LogP contribution in [0.3, 0.4) is 0 Å². The smallest absolute Gasteiger partial charge is 0.309 e. The number of cyclic esters (lactones) is 1. The lowest BCUT2D eigenvalue weighted by Gasteiger charge is -2.49. The number of aliphatic hydroxyl groups is 2. The summed E-state index contributed by atoms with van der Waals surface area (Å²) in [6.07, 6.45) is 13.3. The number of hydrogen-bond acceptors (Lipinski definition) is 8. The van der Waals surface area contributed by atoms with Crippen LogP contribution < -0.4 is 0 Å². The Balaban J connectivity index is 1.26. The van der Waals surface area contributed by atoms with Gasteiger partial charge in [0, 0.05) is 55.7 Å². The molecule has 4 saturated heterocycles. The van der Waals surface area contributed by atoms with Crippen LogP contribution in [0.4, 0.5) is 0 Å². The van der Waals surface area contributed by atoms with Crippen molar-refractivity contribution in [3.63, 3.8) is 0 Å². The predicted octanol–water partition coefficient (Wildman–Crippen LogP) is 7.91. The molecule has 12 unspecified atom stereocenters. The zero-order valence-electron chi connectivity index (χ0n) is 31.6. The third kappa shape index (κ3) is 6.52. The molecule has 8 nitrogen and oxygen atoms in total. The summed E-state index contributed by atoms with van der Waals surface area (Å²) in [4.78, 5) is 18.0. The Morgan fingerprint density at radius 3 is 2.54 bits per heavy atom. The van der Waals surface area contributed by atoms with Gasteiger partial charge in [-0.25, -0.2) is 0 Å². The van der Waals surface area contributed by atoms with E-state index in [0.29, 0.717) is 38.0 Å². The molecule has 1 aliphatic carbocycles. The normalized spacial score (nSPS) is 47.6. The quantitative estimate of drug-likeness (QED) is 0.212. The standard InChI is InChI=1S/C42H63NO7/c1-25-9-8-10-37-40(23-26(2)13-18-43-37)15-12-32(36-21-28(4)38(45)47-36)30(6)33(40)20-27(3)34(44)22-35-29(5)24-41(49-35)16-17-42(50-41)39(7,46)14-11-31(19-25)48-42/h20,26,28-29,31,33-36,44,46H,1,8-19,21-24H2,2-7H3. The minimum Gasteiger partial charge on any atom is -0.458 e. The lowest BCUT2D eigenvalue weighted by molar-refractivity contribution is -0.387. The van der Waals surface area contributed by atoms with Crippen molar-refractivity contribution in [3.8, 4) is 0 Å². The monoisotopic (exact) mass is 693 g/mol. The van der Waals surface area contributed by atoms with E-state index in [1.165, 1.54) is 22.4 Å². The molecule has 4 bridgehead atoms. The first-order valence-corrected chi connectivity index (χ1v) is 19.9. The summed E-state index contributed by atoms with van der Waals surface area (Å²) in [6, 6.07) is 0. The molecular formula is C42H63NO7. The van der Waals surface area contributed by atoms with E-state index in [9.17, 15) is 15.0 Å². The van der Waals surface area contributed by atoms with E-state index in [0.717, 1.165) is 76.3 Å². The summed E-state index contributed by atoms with van der Waals surface area (Å²) < 4.78 is 26.3. The average Bonchev–Trinajstić information content (AvgIpc) is 3.64. The number of hydrogen-bond donors (Lipinski definition) is 2. The Labute approximate surface area is 300 Å². The highest BCUT2D eigenvalue weighted by Gasteiger charge is 2.64. The zero-order chi connectivity index (χ0) is 35.6. The first-order chi connectivity index (χ1) is 23.6. The molecule has 0 aromatic carbocycles. The fraction of sp³-hybridized carbons (Fsp3) is 0.810. The van der Waals surface area contributed by atoms with Gasteiger partial charge < -0.3 is 29.2 Å². The highest BCUT2D eigenvalue weighted by Crippen LogP contribution is 2.57. The van der Waals surface area contributed by atoms with E-state index in [-0.39, 0.29) is 47.4 Å². The van der Waals surface area contributed by atoms with Crippen LogP contribution >= 0.6 is 0 Å². The maximum atomic E-state index is 12.6. The van der Waals surface area contributed by atoms with Crippen LogP contribution in [0.5, 0.6) is 0 Å². The van der Waals surface area contributed by atoms with E-state index >= 15 is 0 Å². The maximum Gasteiger partial charge on any atom is 0.309 e. The minimum absolute atomic E-state index is 0.0567. The van der Waals surface area contributed by atoms with Crippen molar-refractivity contribution < 1.29 is 34.0 Å². The summed E-state index contributed by atoms with van der Waals surface area (Å²) in [5.41, 5.74) is 4.74. The Morgan fingerprint density at radius 1 is 0.980 bits per heavy atom. The highest BCUT2D eigenvalue weighted by molar-refractivity contribution is 5.92. The molecule has 0 radical (unpaired) electrons. The lowest BCUT2D eigenvalue weighted by atomic mass is 9.57. The SMILES string of the molecule is C=C1CCCC2=NCCC(C)CC23CCC(C2CC(C)C(=O)O2)=C(C)C3C=C(C)C(O)CC2OC3(CCC4(OC(CCC4(C)O)C1)O3)CC2C. The lowest BCUT2D eigenvalue weighted by Crippen LogP contribution is -2.60. The van der Waals surface area contributed by atoms with E-state index in [1.54, 1.807) is 0 Å². The van der Waals surface area contributed by atoms with Gasteiger partial charge in [-0.05, 0) is 108 Å². The van der Waals surface area contributed by atoms with Gasteiger partial charge in [0.15, 0.2) is 5.79 Å². The van der Waals surface area contributed by atoms with Gasteiger partial charge in [0.25, 0.3) is 0 Å². The average molecular weight is 694 g/mol. The third-order valence-electron chi connectivity index (χ3n) is 14.1. The van der Waals surface area contributed by atoms with Gasteiger partial charge in [0.05, 0.1) is 24.2 Å². The summed E-state index contributed by atoms with van der Waals surface area (Å²) >= 11 is 0. The number of esters is 1. The first-order valence-electron chi connectivity index (χ1n) is 19.9. The fourth-order valence-corrected chi connectivity index (χ4v) is 11.0. The van der Waals surface area contributed by atoms with Gasteiger partial charge in [0.1, 0.15) is 11.7 Å². The molecule has 6 heterocycles. The molecule has 7 rings (SSSR count). The van der Waals surface area contributed by atoms with Crippen LogP contribution in [0.2, 0.25) is 0 Å². The van der Waals surface area contributed by atoms with Gasteiger partial charge in [0.2, 0.25) is 5.79 Å². The maximum absolute atomic E-state index is 12.6. The second kappa shape index (κ2) is 13.5. The second-order valence-electron chi connectivity index (χ2n) is 18.0. The van der Waals surface area contributed by atoms with E-state index in [4.69, 9.17) is 23.9 Å². The summed E-state index contributed by atoms with van der Waals surface area (Å²) in [5, 5.41) is 23.6. The second-order valence-corrected chi connectivity index (χ2v) is 18.0. The summed E-state index contributed by atoms with van der Waals surface area (Å²) in [5.74, 6) is -1.35. The molecule has 0 aromatic rings. The van der Waals surface area contributed by atoms with Crippen molar-refractivity contribution in [2.75, 3.05) is 6.54 Å². The number of carbonyl (C=O) groups is 1. The molecule has 0 aromatic heterocycles.